The van der Waals surface area contributed by atoms with Crippen LogP contribution in [-0.4, -0.2) is 156 Å². The third-order valence-electron chi connectivity index (χ3n) is 16.1. The van der Waals surface area contributed by atoms with Gasteiger partial charge in [0, 0.05) is 91.9 Å². The first-order chi connectivity index (χ1) is 40.7. The number of esters is 2. The molecular weight excluding hydrogens is 1170 g/mol. The highest BCUT2D eigenvalue weighted by atomic mass is 19.4. The Bertz CT molecular complexity index is 3050. The van der Waals surface area contributed by atoms with Crippen LogP contribution in [0.1, 0.15) is 101 Å². The van der Waals surface area contributed by atoms with Crippen molar-refractivity contribution in [2.75, 3.05) is 59.4 Å². The highest BCUT2D eigenvalue weighted by Gasteiger charge is 2.56. The van der Waals surface area contributed by atoms with Gasteiger partial charge in [-0.1, -0.05) is 44.2 Å². The van der Waals surface area contributed by atoms with E-state index in [1.807, 2.05) is 5.32 Å². The molecule has 2 amide bonds. The molecule has 18 nitrogen and oxygen atoms in total. The lowest BCUT2D eigenvalue weighted by Crippen LogP contribution is -2.59. The van der Waals surface area contributed by atoms with Gasteiger partial charge in [-0.3, -0.25) is 29.0 Å². The van der Waals surface area contributed by atoms with Gasteiger partial charge in [-0.25, -0.2) is 28.2 Å². The van der Waals surface area contributed by atoms with Gasteiger partial charge in [0.15, 0.2) is 5.78 Å². The molecule has 3 fully saturated rings. The van der Waals surface area contributed by atoms with Gasteiger partial charge in [0.2, 0.25) is 11.9 Å². The predicted octanol–water partition coefficient (Wildman–Crippen LogP) is 8.55. The number of carbonyl (C=O) groups is 5. The number of alkyl halides is 8. The minimum absolute atomic E-state index is 0.0625. The van der Waals surface area contributed by atoms with Crippen LogP contribution in [0.3, 0.4) is 0 Å². The summed E-state index contributed by atoms with van der Waals surface area (Å²) < 4.78 is 154. The summed E-state index contributed by atoms with van der Waals surface area (Å²) in [6.07, 6.45) is -3.05. The predicted molar refractivity (Wildman–Crippen MR) is 297 cm³/mol. The quantitative estimate of drug-likeness (QED) is 0.0274. The topological polar surface area (TPSA) is 216 Å². The van der Waals surface area contributed by atoms with Crippen molar-refractivity contribution in [1.29, 1.82) is 0 Å². The van der Waals surface area contributed by atoms with E-state index in [2.05, 4.69) is 51.5 Å². The summed E-state index contributed by atoms with van der Waals surface area (Å²) in [5, 5.41) is 8.56. The second-order valence-electron chi connectivity index (χ2n) is 23.2. The third-order valence-corrected chi connectivity index (χ3v) is 16.1. The number of nitrogens with two attached hydrogens (primary N) is 1. The number of nitrogens with zero attached hydrogens (tertiary/aromatic N) is 7. The summed E-state index contributed by atoms with van der Waals surface area (Å²) in [4.78, 5) is 77.5. The van der Waals surface area contributed by atoms with Gasteiger partial charge < -0.3 is 35.5 Å². The lowest BCUT2D eigenvalue weighted by molar-refractivity contribution is -0.229. The molecule has 0 radical (unpaired) electrons. The van der Waals surface area contributed by atoms with Crippen LogP contribution in [0.25, 0.3) is 11.3 Å². The van der Waals surface area contributed by atoms with Gasteiger partial charge >= 0.3 is 36.9 Å². The second kappa shape index (κ2) is 29.1. The number of methoxy groups -OCH3 is 2. The number of nitrogens with one attached hydrogen (secondary N) is 2. The summed E-state index contributed by atoms with van der Waals surface area (Å²) in [5.74, 6) is -1.89. The van der Waals surface area contributed by atoms with Crippen LogP contribution in [0.4, 0.5) is 54.6 Å². The normalized spacial score (nSPS) is 17.9. The van der Waals surface area contributed by atoms with Crippen molar-refractivity contribution in [3.05, 3.63) is 94.9 Å². The molecule has 4 heterocycles. The van der Waals surface area contributed by atoms with Crippen LogP contribution in [0.5, 0.6) is 0 Å². The molecule has 4 aromatic rings. The van der Waals surface area contributed by atoms with Gasteiger partial charge in [-0.15, -0.1) is 0 Å². The molecular formula is C59H72F10N10O8. The number of amides is 2. The molecule has 0 spiro atoms. The van der Waals surface area contributed by atoms with Gasteiger partial charge in [-0.05, 0) is 95.9 Å². The zero-order valence-corrected chi connectivity index (χ0v) is 49.3. The molecule has 6 atom stereocenters. The summed E-state index contributed by atoms with van der Waals surface area (Å²) in [6, 6.07) is 9.41. The zero-order valence-electron chi connectivity index (χ0n) is 49.3. The molecule has 2 bridgehead atoms. The number of likely N-dealkylation sites (N-methyl/N-ethyl adjacent to an activating group) is 1. The van der Waals surface area contributed by atoms with Crippen molar-refractivity contribution in [3.63, 3.8) is 0 Å². The van der Waals surface area contributed by atoms with Crippen LogP contribution >= 0.6 is 0 Å². The average molecular weight is 1240 g/mol. The minimum Gasteiger partial charge on any atom is -0.469 e. The smallest absolute Gasteiger partial charge is 0.407 e. The number of Topliss-reactive ketones (excluding diaryl/α,β-unsaturated/α-hetero) is 1. The van der Waals surface area contributed by atoms with Crippen LogP contribution < -0.4 is 21.3 Å². The van der Waals surface area contributed by atoms with E-state index in [4.69, 9.17) is 10.5 Å². The Morgan fingerprint density at radius 2 is 1.37 bits per heavy atom. The van der Waals surface area contributed by atoms with E-state index in [-0.39, 0.29) is 30.8 Å². The number of primary amides is 1. The number of anilines is 1. The molecule has 2 aromatic heterocycles. The summed E-state index contributed by atoms with van der Waals surface area (Å²) >= 11 is 0. The Morgan fingerprint density at radius 1 is 0.782 bits per heavy atom. The number of halogens is 10. The van der Waals surface area contributed by atoms with Gasteiger partial charge in [0.25, 0.3) is 0 Å². The minimum atomic E-state index is -4.98. The summed E-state index contributed by atoms with van der Waals surface area (Å²) in [5.41, 5.74) is 0.782. The number of alkyl carbamates (subject to hydrolysis) is 1. The number of ketones is 1. The molecule has 87 heavy (non-hydrogen) atoms. The second-order valence-corrected chi connectivity index (χ2v) is 23.2. The average Bonchev–Trinajstić information content (AvgIpc) is 1.84. The third kappa shape index (κ3) is 17.7. The molecule has 2 aromatic carbocycles. The first-order valence-electron chi connectivity index (χ1n) is 27.9. The Balaban J connectivity index is 0.000000660. The van der Waals surface area contributed by atoms with Gasteiger partial charge in [-0.2, -0.15) is 40.2 Å². The number of rotatable bonds is 23. The Hall–Kier alpha value is -7.38. The van der Waals surface area contributed by atoms with E-state index in [0.29, 0.717) is 45.4 Å². The van der Waals surface area contributed by atoms with E-state index < -0.39 is 120 Å². The molecule has 4 N–H and O–H groups in total. The molecule has 476 valence electrons. The van der Waals surface area contributed by atoms with E-state index in [1.165, 1.54) is 43.1 Å². The lowest BCUT2D eigenvalue weighted by Gasteiger charge is -2.48. The van der Waals surface area contributed by atoms with E-state index >= 15 is 8.78 Å². The zero-order chi connectivity index (χ0) is 64.3. The summed E-state index contributed by atoms with van der Waals surface area (Å²) in [6.45, 7) is 0.893. The molecule has 1 saturated carbocycles. The van der Waals surface area contributed by atoms with Crippen LogP contribution in [0.15, 0.2) is 61.1 Å². The molecule has 2 unspecified atom stereocenters. The molecule has 1 aliphatic carbocycles. The number of ether oxygens (including phenoxy) is 3. The number of hydrogen-bond donors (Lipinski definition) is 3. The first-order valence-corrected chi connectivity index (χ1v) is 27.9. The number of fused-ring (bicyclic) bond motifs is 2. The molecule has 3 aliphatic rings. The highest BCUT2D eigenvalue weighted by Crippen LogP contribution is 2.45. The van der Waals surface area contributed by atoms with Crippen molar-refractivity contribution < 1.29 is 82.1 Å². The van der Waals surface area contributed by atoms with Crippen molar-refractivity contribution in [1.82, 2.24) is 40.2 Å². The largest absolute Gasteiger partial charge is 0.469 e. The van der Waals surface area contributed by atoms with Crippen molar-refractivity contribution in [2.24, 2.45) is 28.4 Å². The van der Waals surface area contributed by atoms with Gasteiger partial charge in [0.1, 0.15) is 23.8 Å². The molecule has 28 heteroatoms. The highest BCUT2D eigenvalue weighted by molar-refractivity contribution is 5.88. The number of hydrogen-bond acceptors (Lipinski definition) is 15. The standard InChI is InChI=1S/C50H58F7N9O5.C9H14F3NO3/c1-49(2,50(55,56)57)45(61-48(69)70-5)42(67)22-34(43(71-44(68)29-63(3)4)26-58-25-38-39(51)20-33(21-40(38)52)41-17-18-65(62-41)46(53)54)19-31-12-9-30(10-13-31)11-14-32-23-59-47(60-24-32)64-27-36-15-16-37(28-64)66(36)35-7-6-8-35;1-8(2,9(10,11)12)5(7(13)15)4-6(14)16-3/h9-10,12-13,17-18,20-21,23-24,34-37,43,45-46,58H,6-8,15-16,19,22,25-29H2,1-5H3,(H,61,69);5H,4H2,1-3H3,(H2,13,15)/t34-,36?,37?,43+,45-;5-/m11/s1. The van der Waals surface area contributed by atoms with Crippen LogP contribution in [0.2, 0.25) is 0 Å². The molecule has 2 aliphatic heterocycles. The fourth-order valence-electron chi connectivity index (χ4n) is 10.6. The number of piperazine rings is 1. The Labute approximate surface area is 497 Å². The maximum atomic E-state index is 15.5. The fourth-order valence-corrected chi connectivity index (χ4v) is 10.6. The van der Waals surface area contributed by atoms with E-state index in [9.17, 15) is 59.1 Å². The number of carbonyl (C=O) groups excluding carboxylic acids is 5. The number of benzene rings is 2. The fraction of sp³-hybridized carbons (Fsp3) is 0.559. The van der Waals surface area contributed by atoms with Crippen molar-refractivity contribution in [3.8, 4) is 23.1 Å². The van der Waals surface area contributed by atoms with Crippen LogP contribution in [-0.2, 0) is 46.4 Å². The van der Waals surface area contributed by atoms with E-state index in [0.717, 1.165) is 73.3 Å². The lowest BCUT2D eigenvalue weighted by atomic mass is 9.76. The number of aromatic nitrogens is 4. The molecule has 2 saturated heterocycles. The van der Waals surface area contributed by atoms with Gasteiger partial charge in [0.05, 0.1) is 55.2 Å². The first kappa shape index (κ1) is 68.7. The van der Waals surface area contributed by atoms with Crippen molar-refractivity contribution >= 4 is 35.7 Å². The Kier molecular flexibility index (Phi) is 23.0. The van der Waals surface area contributed by atoms with Crippen molar-refractivity contribution in [2.45, 2.75) is 135 Å². The summed E-state index contributed by atoms with van der Waals surface area (Å²) in [7, 11) is 5.16. The van der Waals surface area contributed by atoms with Crippen LogP contribution in [0, 0.1) is 46.1 Å². The SMILES string of the molecule is COC(=O)C[C@H](C(N)=O)C(C)(C)C(F)(F)F.COC(=O)N[C@H](C(=O)C[C@@H](Cc1ccc(C#Cc2cnc(N3CC4CCC(C3)N4C3CCC3)nc2)cc1)[C@H](CNCc1c(F)cc(-c2ccn(C(F)F)n2)cc1F)OC(=O)CN(C)C)C(C)(C)C(F)(F)F. The maximum absolute atomic E-state index is 15.5. The Morgan fingerprint density at radius 3 is 1.86 bits per heavy atom. The van der Waals surface area contributed by atoms with E-state index in [1.54, 1.807) is 50.8 Å². The monoisotopic (exact) mass is 1240 g/mol. The molecule has 7 rings (SSSR count). The maximum Gasteiger partial charge on any atom is 0.407 e.